The molecule has 0 N–H and O–H groups in total. The van der Waals surface area contributed by atoms with Crippen LogP contribution in [0.3, 0.4) is 0 Å². The average Bonchev–Trinajstić information content (AvgIpc) is 2.42. The maximum absolute atomic E-state index is 13.8. The first kappa shape index (κ1) is 14.9. The normalized spacial score (nSPS) is 10.6. The highest BCUT2D eigenvalue weighted by Crippen LogP contribution is 2.22. The summed E-state index contributed by atoms with van der Waals surface area (Å²) >= 11 is 3.00. The maximum atomic E-state index is 13.8. The molecule has 0 heterocycles. The number of Topliss-reactive ketones (excluding diaryl/α,β-unsaturated/α-hetero) is 1. The molecule has 0 fully saturated rings. The van der Waals surface area contributed by atoms with Gasteiger partial charge in [0.05, 0.1) is 4.47 Å². The van der Waals surface area contributed by atoms with Gasteiger partial charge in [0.1, 0.15) is 17.4 Å². The van der Waals surface area contributed by atoms with Crippen molar-refractivity contribution in [1.29, 1.82) is 0 Å². The predicted octanol–water partition coefficient (Wildman–Crippen LogP) is 4.39. The molecule has 0 spiro atoms. The number of carbonyl (C=O) groups excluding carboxylic acids is 1. The molecule has 4 heteroatoms. The highest BCUT2D eigenvalue weighted by molar-refractivity contribution is 9.10. The van der Waals surface area contributed by atoms with Crippen molar-refractivity contribution in [2.75, 3.05) is 0 Å². The van der Waals surface area contributed by atoms with Gasteiger partial charge in [-0.1, -0.05) is 24.3 Å². The fourth-order valence-electron chi connectivity index (χ4n) is 2.01. The van der Waals surface area contributed by atoms with Crippen molar-refractivity contribution in [2.45, 2.75) is 19.8 Å². The number of halogens is 3. The molecule has 20 heavy (non-hydrogen) atoms. The largest absolute Gasteiger partial charge is 0.299 e. The predicted molar refractivity (Wildman–Crippen MR) is 77.7 cm³/mol. The van der Waals surface area contributed by atoms with Crippen LogP contribution in [-0.2, 0) is 17.6 Å². The van der Waals surface area contributed by atoms with Crippen LogP contribution in [0.4, 0.5) is 8.78 Å². The molecule has 2 aromatic rings. The lowest BCUT2D eigenvalue weighted by Gasteiger charge is -2.07. The van der Waals surface area contributed by atoms with Crippen molar-refractivity contribution in [3.63, 3.8) is 0 Å². The third kappa shape index (κ3) is 3.31. The van der Waals surface area contributed by atoms with E-state index in [-0.39, 0.29) is 28.7 Å². The third-order valence-corrected chi connectivity index (χ3v) is 3.77. The lowest BCUT2D eigenvalue weighted by atomic mass is 9.99. The second kappa shape index (κ2) is 6.27. The highest BCUT2D eigenvalue weighted by Gasteiger charge is 2.16. The van der Waals surface area contributed by atoms with E-state index in [0.717, 1.165) is 17.2 Å². The van der Waals surface area contributed by atoms with Gasteiger partial charge in [0.15, 0.2) is 0 Å². The van der Waals surface area contributed by atoms with Crippen LogP contribution in [0.5, 0.6) is 0 Å². The molecular weight excluding hydrogens is 326 g/mol. The van der Waals surface area contributed by atoms with E-state index < -0.39 is 11.6 Å². The fourth-order valence-corrected chi connectivity index (χ4v) is 2.38. The summed E-state index contributed by atoms with van der Waals surface area (Å²) in [5.74, 6) is -1.61. The minimum absolute atomic E-state index is 0.164. The molecule has 0 saturated carbocycles. The molecule has 0 aliphatic rings. The summed E-state index contributed by atoms with van der Waals surface area (Å²) in [4.78, 5) is 12.0. The number of hydrogen-bond acceptors (Lipinski definition) is 1. The average molecular weight is 339 g/mol. The van der Waals surface area contributed by atoms with Gasteiger partial charge < -0.3 is 0 Å². The van der Waals surface area contributed by atoms with Crippen molar-refractivity contribution in [2.24, 2.45) is 0 Å². The Hall–Kier alpha value is -1.55. The summed E-state index contributed by atoms with van der Waals surface area (Å²) in [6.45, 7) is 1.91. The van der Waals surface area contributed by atoms with Crippen LogP contribution in [0, 0.1) is 18.6 Å². The Morgan fingerprint density at radius 1 is 1.10 bits per heavy atom. The molecule has 0 aliphatic heterocycles. The summed E-state index contributed by atoms with van der Waals surface area (Å²) in [7, 11) is 0. The van der Waals surface area contributed by atoms with Gasteiger partial charge in [0.2, 0.25) is 0 Å². The first-order valence-corrected chi connectivity index (χ1v) is 6.97. The molecule has 1 nitrogen and oxygen atoms in total. The van der Waals surface area contributed by atoms with Crippen molar-refractivity contribution >= 4 is 21.7 Å². The van der Waals surface area contributed by atoms with Crippen LogP contribution in [0.1, 0.15) is 16.7 Å². The van der Waals surface area contributed by atoms with Crippen molar-refractivity contribution in [3.05, 3.63) is 69.2 Å². The zero-order valence-corrected chi connectivity index (χ0v) is 12.5. The molecule has 0 aromatic heterocycles. The molecule has 2 rings (SSSR count). The number of hydrogen-bond donors (Lipinski definition) is 0. The molecule has 0 saturated heterocycles. The van der Waals surface area contributed by atoms with Gasteiger partial charge in [-0.3, -0.25) is 4.79 Å². The number of carbonyl (C=O) groups is 1. The Morgan fingerprint density at radius 2 is 1.80 bits per heavy atom. The van der Waals surface area contributed by atoms with Crippen LogP contribution in [-0.4, -0.2) is 5.78 Å². The maximum Gasteiger partial charge on any atom is 0.143 e. The van der Waals surface area contributed by atoms with Crippen molar-refractivity contribution < 1.29 is 13.6 Å². The molecular formula is C16H13BrF2O. The standard InChI is InChI=1S/C16H13BrF2O/c1-10-4-2-3-5-11(10)8-12(20)9-13-15(18)7-6-14(17)16(13)19/h2-7H,8-9H2,1H3. The molecule has 0 amide bonds. The number of rotatable bonds is 4. The van der Waals surface area contributed by atoms with E-state index in [1.165, 1.54) is 6.07 Å². The number of ketones is 1. The minimum Gasteiger partial charge on any atom is -0.299 e. The second-order valence-electron chi connectivity index (χ2n) is 4.64. The van der Waals surface area contributed by atoms with E-state index in [9.17, 15) is 13.6 Å². The lowest BCUT2D eigenvalue weighted by molar-refractivity contribution is -0.117. The highest BCUT2D eigenvalue weighted by atomic mass is 79.9. The van der Waals surface area contributed by atoms with Gasteiger partial charge >= 0.3 is 0 Å². The van der Waals surface area contributed by atoms with Gasteiger partial charge in [0.25, 0.3) is 0 Å². The van der Waals surface area contributed by atoms with Gasteiger partial charge in [-0.15, -0.1) is 0 Å². The van der Waals surface area contributed by atoms with E-state index >= 15 is 0 Å². The van der Waals surface area contributed by atoms with Crippen molar-refractivity contribution in [1.82, 2.24) is 0 Å². The summed E-state index contributed by atoms with van der Waals surface area (Å²) in [6, 6.07) is 9.93. The van der Waals surface area contributed by atoms with E-state index in [0.29, 0.717) is 0 Å². The van der Waals surface area contributed by atoms with Crippen LogP contribution in [0.2, 0.25) is 0 Å². The van der Waals surface area contributed by atoms with Gasteiger partial charge in [-0.25, -0.2) is 8.78 Å². The minimum atomic E-state index is -0.705. The van der Waals surface area contributed by atoms with Crippen LogP contribution >= 0.6 is 15.9 Å². The number of aryl methyl sites for hydroxylation is 1. The number of benzene rings is 2. The van der Waals surface area contributed by atoms with E-state index in [1.54, 1.807) is 0 Å². The van der Waals surface area contributed by atoms with Crippen LogP contribution in [0.15, 0.2) is 40.9 Å². The Kier molecular flexibility index (Phi) is 4.65. The zero-order valence-electron chi connectivity index (χ0n) is 10.9. The Morgan fingerprint density at radius 3 is 2.50 bits per heavy atom. The monoisotopic (exact) mass is 338 g/mol. The quantitative estimate of drug-likeness (QED) is 0.755. The molecule has 0 radical (unpaired) electrons. The lowest BCUT2D eigenvalue weighted by Crippen LogP contribution is -2.10. The van der Waals surface area contributed by atoms with E-state index in [1.807, 2.05) is 31.2 Å². The van der Waals surface area contributed by atoms with Gasteiger partial charge in [-0.2, -0.15) is 0 Å². The Bertz CT molecular complexity index is 653. The molecule has 0 unspecified atom stereocenters. The van der Waals surface area contributed by atoms with Gasteiger partial charge in [-0.05, 0) is 46.1 Å². The molecule has 104 valence electrons. The smallest absolute Gasteiger partial charge is 0.143 e. The van der Waals surface area contributed by atoms with E-state index in [4.69, 9.17) is 0 Å². The van der Waals surface area contributed by atoms with Crippen molar-refractivity contribution in [3.8, 4) is 0 Å². The molecule has 0 atom stereocenters. The molecule has 0 aliphatic carbocycles. The summed E-state index contributed by atoms with van der Waals surface area (Å²) in [6.07, 6.45) is -0.0660. The Labute approximate surface area is 124 Å². The Balaban J connectivity index is 2.17. The van der Waals surface area contributed by atoms with Crippen LogP contribution in [0.25, 0.3) is 0 Å². The fraction of sp³-hybridized carbons (Fsp3) is 0.188. The third-order valence-electron chi connectivity index (χ3n) is 3.16. The van der Waals surface area contributed by atoms with E-state index in [2.05, 4.69) is 15.9 Å². The topological polar surface area (TPSA) is 17.1 Å². The first-order chi connectivity index (χ1) is 9.49. The summed E-state index contributed by atoms with van der Waals surface area (Å²) < 4.78 is 27.6. The summed E-state index contributed by atoms with van der Waals surface area (Å²) in [5.41, 5.74) is 1.70. The second-order valence-corrected chi connectivity index (χ2v) is 5.49. The molecule has 0 bridgehead atoms. The first-order valence-electron chi connectivity index (χ1n) is 6.17. The SMILES string of the molecule is Cc1ccccc1CC(=O)Cc1c(F)ccc(Br)c1F. The summed E-state index contributed by atoms with van der Waals surface area (Å²) in [5, 5.41) is 0. The zero-order chi connectivity index (χ0) is 14.7. The van der Waals surface area contributed by atoms with Crippen LogP contribution < -0.4 is 0 Å². The van der Waals surface area contributed by atoms with Gasteiger partial charge in [0, 0.05) is 18.4 Å². The molecule has 2 aromatic carbocycles.